The van der Waals surface area contributed by atoms with Crippen molar-refractivity contribution in [1.82, 2.24) is 5.32 Å². The molecule has 0 aliphatic heterocycles. The van der Waals surface area contributed by atoms with Gasteiger partial charge in [0.1, 0.15) is 0 Å². The maximum Gasteiger partial charge on any atom is 0.308 e. The van der Waals surface area contributed by atoms with Crippen LogP contribution in [0.15, 0.2) is 0 Å². The smallest absolute Gasteiger partial charge is 0.308 e. The predicted molar refractivity (Wildman–Crippen MR) is 120 cm³/mol. The first-order chi connectivity index (χ1) is 13.6. The van der Waals surface area contributed by atoms with Gasteiger partial charge < -0.3 is 15.2 Å². The molecule has 0 heterocycles. The van der Waals surface area contributed by atoms with Crippen LogP contribution >= 0.6 is 0 Å². The first-order valence-electron chi connectivity index (χ1n) is 12.1. The fourth-order valence-electron chi connectivity index (χ4n) is 3.34. The van der Waals surface area contributed by atoms with Crippen LogP contribution in [0.4, 0.5) is 0 Å². The summed E-state index contributed by atoms with van der Waals surface area (Å²) in [5, 5.41) is 12.1. The van der Waals surface area contributed by atoms with Crippen LogP contribution in [0.1, 0.15) is 111 Å². The number of nitrogens with one attached hydrogen (secondary N) is 1. The molecule has 1 unspecified atom stereocenters. The van der Waals surface area contributed by atoms with Crippen LogP contribution in [0.25, 0.3) is 0 Å². The molecule has 0 saturated heterocycles. The largest absolute Gasteiger partial charge is 0.465 e. The number of carbonyl (C=O) groups excluding carboxylic acids is 1. The number of hydrogen-bond acceptors (Lipinski definition) is 4. The molecule has 0 saturated carbocycles. The van der Waals surface area contributed by atoms with E-state index in [0.717, 1.165) is 51.1 Å². The van der Waals surface area contributed by atoms with Crippen LogP contribution in [0.2, 0.25) is 0 Å². The second-order valence-corrected chi connectivity index (χ2v) is 8.76. The fourth-order valence-corrected chi connectivity index (χ4v) is 3.34. The highest BCUT2D eigenvalue weighted by Crippen LogP contribution is 2.14. The first kappa shape index (κ1) is 27.4. The molecule has 0 spiro atoms. The topological polar surface area (TPSA) is 58.6 Å². The Hall–Kier alpha value is -0.610. The van der Waals surface area contributed by atoms with Crippen molar-refractivity contribution in [2.45, 2.75) is 111 Å². The van der Waals surface area contributed by atoms with Crippen molar-refractivity contribution in [2.24, 2.45) is 11.8 Å². The lowest BCUT2D eigenvalue weighted by atomic mass is 10.0. The molecule has 0 rings (SSSR count). The van der Waals surface area contributed by atoms with Crippen molar-refractivity contribution in [3.8, 4) is 0 Å². The van der Waals surface area contributed by atoms with Crippen molar-refractivity contribution in [1.29, 1.82) is 0 Å². The monoisotopic (exact) mass is 399 g/mol. The van der Waals surface area contributed by atoms with Gasteiger partial charge >= 0.3 is 5.97 Å². The quantitative estimate of drug-likeness (QED) is 0.187. The van der Waals surface area contributed by atoms with E-state index >= 15 is 0 Å². The van der Waals surface area contributed by atoms with E-state index in [2.05, 4.69) is 19.2 Å². The summed E-state index contributed by atoms with van der Waals surface area (Å²) < 4.78 is 5.44. The Balaban J connectivity index is 3.34. The molecule has 0 aliphatic rings. The van der Waals surface area contributed by atoms with Gasteiger partial charge in [-0.15, -0.1) is 0 Å². The SMILES string of the molecule is CC(C)CCCCCCCCOC(=O)C(C)CCCCCCNCCCCO. The van der Waals surface area contributed by atoms with Crippen LogP contribution in [0.3, 0.4) is 0 Å². The summed E-state index contributed by atoms with van der Waals surface area (Å²) >= 11 is 0. The molecular formula is C24H49NO3. The van der Waals surface area contributed by atoms with Gasteiger partial charge in [-0.1, -0.05) is 78.6 Å². The average molecular weight is 400 g/mol. The summed E-state index contributed by atoms with van der Waals surface area (Å²) in [5.41, 5.74) is 0. The third kappa shape index (κ3) is 20.1. The van der Waals surface area contributed by atoms with E-state index in [-0.39, 0.29) is 11.9 Å². The minimum absolute atomic E-state index is 0.0116. The van der Waals surface area contributed by atoms with Gasteiger partial charge in [0, 0.05) is 6.61 Å². The summed E-state index contributed by atoms with van der Waals surface area (Å²) in [5.74, 6) is 0.848. The number of unbranched alkanes of at least 4 members (excludes halogenated alkanes) is 9. The van der Waals surface area contributed by atoms with Crippen molar-refractivity contribution in [3.05, 3.63) is 0 Å². The average Bonchev–Trinajstić information content (AvgIpc) is 2.67. The molecular weight excluding hydrogens is 350 g/mol. The molecule has 0 bridgehead atoms. The Kier molecular flexibility index (Phi) is 20.6. The maximum absolute atomic E-state index is 12.0. The molecule has 0 aromatic carbocycles. The Bertz CT molecular complexity index is 334. The number of carbonyl (C=O) groups is 1. The van der Waals surface area contributed by atoms with Crippen molar-refractivity contribution in [3.63, 3.8) is 0 Å². The molecule has 168 valence electrons. The van der Waals surface area contributed by atoms with E-state index in [0.29, 0.717) is 13.2 Å². The third-order valence-electron chi connectivity index (χ3n) is 5.32. The minimum Gasteiger partial charge on any atom is -0.465 e. The number of ether oxygens (including phenoxy) is 1. The van der Waals surface area contributed by atoms with Gasteiger partial charge in [-0.05, 0) is 51.1 Å². The van der Waals surface area contributed by atoms with Crippen molar-refractivity contribution >= 4 is 5.97 Å². The van der Waals surface area contributed by atoms with E-state index < -0.39 is 0 Å². The molecule has 1 atom stereocenters. The normalized spacial score (nSPS) is 12.5. The number of aliphatic hydroxyl groups excluding tert-OH is 1. The predicted octanol–water partition coefficient (Wildman–Crippen LogP) is 5.87. The van der Waals surface area contributed by atoms with Gasteiger partial charge in [0.2, 0.25) is 0 Å². The molecule has 4 nitrogen and oxygen atoms in total. The summed E-state index contributed by atoms with van der Waals surface area (Å²) in [4.78, 5) is 12.0. The second-order valence-electron chi connectivity index (χ2n) is 8.76. The highest BCUT2D eigenvalue weighted by Gasteiger charge is 2.13. The molecule has 28 heavy (non-hydrogen) atoms. The Morgan fingerprint density at radius 3 is 1.93 bits per heavy atom. The zero-order valence-electron chi connectivity index (χ0n) is 19.1. The molecule has 0 fully saturated rings. The third-order valence-corrected chi connectivity index (χ3v) is 5.32. The lowest BCUT2D eigenvalue weighted by Crippen LogP contribution is -2.17. The number of esters is 1. The molecule has 0 amide bonds. The summed E-state index contributed by atoms with van der Waals surface area (Å²) in [6.45, 7) is 9.52. The summed E-state index contributed by atoms with van der Waals surface area (Å²) in [6.07, 6.45) is 16.4. The van der Waals surface area contributed by atoms with Gasteiger partial charge in [0.25, 0.3) is 0 Å². The molecule has 2 N–H and O–H groups in total. The molecule has 0 aromatic heterocycles. The lowest BCUT2D eigenvalue weighted by molar-refractivity contribution is -0.148. The van der Waals surface area contributed by atoms with Gasteiger partial charge in [0.05, 0.1) is 12.5 Å². The Morgan fingerprint density at radius 1 is 0.750 bits per heavy atom. The van der Waals surface area contributed by atoms with Gasteiger partial charge in [-0.3, -0.25) is 4.79 Å². The van der Waals surface area contributed by atoms with Crippen LogP contribution in [-0.4, -0.2) is 37.4 Å². The van der Waals surface area contributed by atoms with E-state index in [1.165, 1.54) is 57.8 Å². The Morgan fingerprint density at radius 2 is 1.29 bits per heavy atom. The van der Waals surface area contributed by atoms with Gasteiger partial charge in [0.15, 0.2) is 0 Å². The first-order valence-corrected chi connectivity index (χ1v) is 12.1. The van der Waals surface area contributed by atoms with Crippen molar-refractivity contribution < 1.29 is 14.6 Å². The highest BCUT2D eigenvalue weighted by atomic mass is 16.5. The van der Waals surface area contributed by atoms with Crippen LogP contribution in [0.5, 0.6) is 0 Å². The fraction of sp³-hybridized carbons (Fsp3) is 0.958. The zero-order valence-corrected chi connectivity index (χ0v) is 19.1. The van der Waals surface area contributed by atoms with Crippen molar-refractivity contribution in [2.75, 3.05) is 26.3 Å². The minimum atomic E-state index is -0.0116. The van der Waals surface area contributed by atoms with E-state index in [1.54, 1.807) is 0 Å². The number of hydrogen-bond donors (Lipinski definition) is 2. The molecule has 0 aliphatic carbocycles. The number of rotatable bonds is 21. The van der Waals surface area contributed by atoms with Gasteiger partial charge in [-0.2, -0.15) is 0 Å². The van der Waals surface area contributed by atoms with E-state index in [9.17, 15) is 4.79 Å². The highest BCUT2D eigenvalue weighted by molar-refractivity contribution is 5.71. The zero-order chi connectivity index (χ0) is 20.9. The Labute approximate surface area is 175 Å². The van der Waals surface area contributed by atoms with Gasteiger partial charge in [-0.25, -0.2) is 0 Å². The van der Waals surface area contributed by atoms with Crippen LogP contribution in [0, 0.1) is 11.8 Å². The van der Waals surface area contributed by atoms with E-state index in [1.807, 2.05) is 6.92 Å². The standard InChI is InChI=1S/C24H49NO3/c1-22(2)16-10-6-4-5-9-15-21-28-24(27)23(3)17-11-7-8-12-18-25-19-13-14-20-26/h22-23,25-26H,4-21H2,1-3H3. The molecule has 0 aromatic rings. The number of aliphatic hydroxyl groups is 1. The summed E-state index contributed by atoms with van der Waals surface area (Å²) in [6, 6.07) is 0. The van der Waals surface area contributed by atoms with E-state index in [4.69, 9.17) is 9.84 Å². The molecule has 0 radical (unpaired) electrons. The maximum atomic E-state index is 12.0. The molecule has 4 heteroatoms. The lowest BCUT2D eigenvalue weighted by Gasteiger charge is -2.11. The van der Waals surface area contributed by atoms with Crippen LogP contribution in [-0.2, 0) is 9.53 Å². The summed E-state index contributed by atoms with van der Waals surface area (Å²) in [7, 11) is 0. The second kappa shape index (κ2) is 21.1. The van der Waals surface area contributed by atoms with Crippen LogP contribution < -0.4 is 5.32 Å².